The van der Waals surface area contributed by atoms with Crippen LogP contribution in [-0.4, -0.2) is 64.8 Å². The molecular weight excluding hydrogens is 451 g/mol. The highest BCUT2D eigenvalue weighted by Gasteiger charge is 2.59. The van der Waals surface area contributed by atoms with E-state index >= 15 is 4.39 Å². The molecule has 3 N–H and O–H groups in total. The molecule has 0 bridgehead atoms. The zero-order valence-electron chi connectivity index (χ0n) is 18.5. The third kappa shape index (κ3) is 3.71. The van der Waals surface area contributed by atoms with Gasteiger partial charge in [-0.1, -0.05) is 0 Å². The second kappa shape index (κ2) is 7.93. The zero-order valence-corrected chi connectivity index (χ0v) is 18.5. The van der Waals surface area contributed by atoms with E-state index in [1.165, 1.54) is 23.5 Å². The molecule has 1 aromatic heterocycles. The van der Waals surface area contributed by atoms with Crippen molar-refractivity contribution in [3.63, 3.8) is 0 Å². The SMILES string of the molecule is COC1=c2c(c(=O)[nH]c(=O)n2C2CC2)=C(C)C(F)C1N1CCC(C(N)C(F)(F)C(C)(F)F)C1. The number of nitrogens with zero attached hydrogens (tertiary/aromatic N) is 2. The monoisotopic (exact) mass is 478 g/mol. The van der Waals surface area contributed by atoms with Crippen LogP contribution in [0.5, 0.6) is 0 Å². The standard InChI is InChI=1S/C21H27F5N4O3/c1-9-12-14(30(11-4-5-11)19(32)28-18(12)31)16(33-3)15(13(9)22)29-7-6-10(8-29)17(27)21(25,26)20(2,23)24/h10-11,13,15,17H,4-8,27H2,1-3H3,(H,28,31,32). The highest BCUT2D eigenvalue weighted by Crippen LogP contribution is 2.41. The molecule has 0 radical (unpaired) electrons. The van der Waals surface area contributed by atoms with Crippen molar-refractivity contribution in [1.29, 1.82) is 0 Å². The smallest absolute Gasteiger partial charge is 0.329 e. The van der Waals surface area contributed by atoms with E-state index in [0.717, 1.165) is 0 Å². The Morgan fingerprint density at radius 2 is 1.82 bits per heavy atom. The Morgan fingerprint density at radius 1 is 1.18 bits per heavy atom. The minimum absolute atomic E-state index is 0.0201. The van der Waals surface area contributed by atoms with Crippen LogP contribution in [-0.2, 0) is 4.74 Å². The maximum Gasteiger partial charge on any atom is 0.329 e. The zero-order chi connectivity index (χ0) is 24.5. The Morgan fingerprint density at radius 3 is 2.36 bits per heavy atom. The van der Waals surface area contributed by atoms with Gasteiger partial charge < -0.3 is 10.5 Å². The number of hydrogen-bond donors (Lipinski definition) is 2. The summed E-state index contributed by atoms with van der Waals surface area (Å²) in [5.41, 5.74) is 4.29. The van der Waals surface area contributed by atoms with Gasteiger partial charge in [0.05, 0.1) is 23.7 Å². The topological polar surface area (TPSA) is 93.3 Å². The maximum absolute atomic E-state index is 15.7. The fourth-order valence-corrected chi connectivity index (χ4v) is 5.00. The predicted molar refractivity (Wildman–Crippen MR) is 110 cm³/mol. The summed E-state index contributed by atoms with van der Waals surface area (Å²) < 4.78 is 77.9. The average molecular weight is 478 g/mol. The summed E-state index contributed by atoms with van der Waals surface area (Å²) in [6.07, 6.45) is -0.260. The van der Waals surface area contributed by atoms with Crippen molar-refractivity contribution in [2.24, 2.45) is 11.7 Å². The van der Waals surface area contributed by atoms with Crippen LogP contribution in [0.4, 0.5) is 22.0 Å². The van der Waals surface area contributed by atoms with Crippen LogP contribution >= 0.6 is 0 Å². The number of nitrogens with two attached hydrogens (primary N) is 1. The summed E-state index contributed by atoms with van der Waals surface area (Å²) >= 11 is 0. The number of rotatable bonds is 6. The molecule has 184 valence electrons. The summed E-state index contributed by atoms with van der Waals surface area (Å²) in [5, 5.41) is 0.204. The Hall–Kier alpha value is -2.21. The van der Waals surface area contributed by atoms with Crippen LogP contribution < -0.4 is 27.6 Å². The van der Waals surface area contributed by atoms with Gasteiger partial charge in [0.25, 0.3) is 5.56 Å². The van der Waals surface area contributed by atoms with E-state index in [2.05, 4.69) is 4.98 Å². The number of H-pyrrole nitrogens is 1. The van der Waals surface area contributed by atoms with Crippen LogP contribution in [0.15, 0.2) is 9.59 Å². The van der Waals surface area contributed by atoms with Gasteiger partial charge in [-0.25, -0.2) is 18.0 Å². The van der Waals surface area contributed by atoms with Crippen molar-refractivity contribution < 1.29 is 26.7 Å². The fourth-order valence-electron chi connectivity index (χ4n) is 5.00. The van der Waals surface area contributed by atoms with Gasteiger partial charge in [0.2, 0.25) is 0 Å². The molecule has 4 unspecified atom stereocenters. The first kappa shape index (κ1) is 23.9. The van der Waals surface area contributed by atoms with Crippen molar-refractivity contribution in [3.8, 4) is 0 Å². The van der Waals surface area contributed by atoms with Crippen molar-refractivity contribution in [3.05, 3.63) is 31.4 Å². The van der Waals surface area contributed by atoms with Crippen LogP contribution in [0.2, 0.25) is 0 Å². The number of nitrogens with one attached hydrogen (secondary N) is 1. The molecule has 2 aliphatic carbocycles. The highest BCUT2D eigenvalue weighted by atomic mass is 19.3. The van der Waals surface area contributed by atoms with Gasteiger partial charge in [-0.3, -0.25) is 19.2 Å². The first-order chi connectivity index (χ1) is 15.3. The molecule has 1 saturated carbocycles. The number of methoxy groups -OCH3 is 1. The number of fused-ring (bicyclic) bond motifs is 1. The highest BCUT2D eigenvalue weighted by molar-refractivity contribution is 5.60. The van der Waals surface area contributed by atoms with Gasteiger partial charge in [-0.2, -0.15) is 8.78 Å². The number of likely N-dealkylation sites (tertiary alicyclic amines) is 1. The molecule has 0 spiro atoms. The van der Waals surface area contributed by atoms with E-state index in [9.17, 15) is 27.2 Å². The van der Waals surface area contributed by atoms with Gasteiger partial charge in [-0.05, 0) is 44.2 Å². The van der Waals surface area contributed by atoms with E-state index in [0.29, 0.717) is 12.8 Å². The number of hydrogen-bond acceptors (Lipinski definition) is 5. The van der Waals surface area contributed by atoms with Crippen LogP contribution in [0.25, 0.3) is 11.3 Å². The molecule has 2 fully saturated rings. The van der Waals surface area contributed by atoms with Gasteiger partial charge >= 0.3 is 17.5 Å². The van der Waals surface area contributed by atoms with Crippen molar-refractivity contribution >= 4 is 11.3 Å². The van der Waals surface area contributed by atoms with Crippen LogP contribution in [0.3, 0.4) is 0 Å². The Kier molecular flexibility index (Phi) is 5.75. The summed E-state index contributed by atoms with van der Waals surface area (Å²) in [6.45, 7) is 1.51. The molecule has 12 heteroatoms. The number of alkyl halides is 5. The minimum atomic E-state index is -4.43. The van der Waals surface area contributed by atoms with Gasteiger partial charge in [0.1, 0.15) is 18.0 Å². The molecule has 4 atom stereocenters. The molecule has 4 rings (SSSR count). The maximum atomic E-state index is 15.7. The molecule has 1 aliphatic heterocycles. The summed E-state index contributed by atoms with van der Waals surface area (Å²) in [7, 11) is 1.29. The summed E-state index contributed by atoms with van der Waals surface area (Å²) in [5.74, 6) is -9.71. The third-order valence-electron chi connectivity index (χ3n) is 7.02. The van der Waals surface area contributed by atoms with Gasteiger partial charge in [0, 0.05) is 19.5 Å². The lowest BCUT2D eigenvalue weighted by Crippen LogP contribution is -2.62. The van der Waals surface area contributed by atoms with Gasteiger partial charge in [0.15, 0.2) is 0 Å². The van der Waals surface area contributed by atoms with Gasteiger partial charge in [-0.15, -0.1) is 0 Å². The molecule has 33 heavy (non-hydrogen) atoms. The van der Waals surface area contributed by atoms with Crippen LogP contribution in [0.1, 0.15) is 39.2 Å². The lowest BCUT2D eigenvalue weighted by molar-refractivity contribution is -0.215. The van der Waals surface area contributed by atoms with Crippen molar-refractivity contribution in [1.82, 2.24) is 14.5 Å². The Balaban J connectivity index is 1.79. The lowest BCUT2D eigenvalue weighted by atomic mass is 9.91. The molecule has 7 nitrogen and oxygen atoms in total. The van der Waals surface area contributed by atoms with Crippen molar-refractivity contribution in [2.45, 2.75) is 69.3 Å². The van der Waals surface area contributed by atoms with E-state index in [-0.39, 0.29) is 54.4 Å². The normalized spacial score (nSPS) is 27.6. The first-order valence-corrected chi connectivity index (χ1v) is 10.8. The number of aromatic nitrogens is 2. The average Bonchev–Trinajstić information content (AvgIpc) is 3.44. The molecule has 0 aromatic carbocycles. The molecule has 0 amide bonds. The van der Waals surface area contributed by atoms with Crippen LogP contribution in [0, 0.1) is 5.92 Å². The Bertz CT molecular complexity index is 1180. The van der Waals surface area contributed by atoms with E-state index in [1.807, 2.05) is 0 Å². The second-order valence-electron chi connectivity index (χ2n) is 9.26. The predicted octanol–water partition coefficient (Wildman–Crippen LogP) is 0.457. The third-order valence-corrected chi connectivity index (χ3v) is 7.02. The quantitative estimate of drug-likeness (QED) is 0.580. The molecule has 1 aromatic rings. The van der Waals surface area contributed by atoms with E-state index < -0.39 is 47.3 Å². The number of halogens is 5. The first-order valence-electron chi connectivity index (χ1n) is 10.8. The number of aromatic amines is 1. The molecule has 2 heterocycles. The summed E-state index contributed by atoms with van der Waals surface area (Å²) in [6, 6.07) is -3.40. The lowest BCUT2D eigenvalue weighted by Gasteiger charge is -2.36. The Labute approximate surface area is 185 Å². The molecule has 1 saturated heterocycles. The fraction of sp³-hybridized carbons (Fsp3) is 0.714. The van der Waals surface area contributed by atoms with Crippen molar-refractivity contribution in [2.75, 3.05) is 20.2 Å². The molecule has 3 aliphatic rings. The van der Waals surface area contributed by atoms with E-state index in [1.54, 1.807) is 0 Å². The molecular formula is C21H27F5N4O3. The largest absolute Gasteiger partial charge is 0.497 e. The summed E-state index contributed by atoms with van der Waals surface area (Å²) in [4.78, 5) is 28.9. The van der Waals surface area contributed by atoms with E-state index in [4.69, 9.17) is 10.5 Å². The second-order valence-corrected chi connectivity index (χ2v) is 9.26. The minimum Gasteiger partial charge on any atom is -0.497 e. The number of ether oxygens (including phenoxy) is 1.